The Morgan fingerprint density at radius 3 is 2.52 bits per heavy atom. The van der Waals surface area contributed by atoms with Gasteiger partial charge in [-0.05, 0) is 89.5 Å². The molecular formula is C23H22Cl2INO2. The van der Waals surface area contributed by atoms with Gasteiger partial charge < -0.3 is 14.8 Å². The third-order valence-corrected chi connectivity index (χ3v) is 5.75. The molecule has 0 radical (unpaired) electrons. The van der Waals surface area contributed by atoms with Gasteiger partial charge in [0.05, 0.1) is 10.2 Å². The van der Waals surface area contributed by atoms with Gasteiger partial charge >= 0.3 is 0 Å². The number of benzene rings is 3. The number of hydrogen-bond acceptors (Lipinski definition) is 3. The van der Waals surface area contributed by atoms with Crippen molar-refractivity contribution in [2.75, 3.05) is 11.9 Å². The van der Waals surface area contributed by atoms with Crippen LogP contribution >= 0.6 is 45.8 Å². The Hall–Kier alpha value is -1.63. The summed E-state index contributed by atoms with van der Waals surface area (Å²) in [4.78, 5) is 0. The second-order valence-electron chi connectivity index (χ2n) is 6.57. The number of aryl methyl sites for hydroxylation is 1. The van der Waals surface area contributed by atoms with Gasteiger partial charge in [-0.2, -0.15) is 0 Å². The van der Waals surface area contributed by atoms with Crippen LogP contribution in [-0.4, -0.2) is 6.61 Å². The van der Waals surface area contributed by atoms with Crippen molar-refractivity contribution in [1.29, 1.82) is 0 Å². The van der Waals surface area contributed by atoms with Crippen LogP contribution in [0, 0.1) is 10.5 Å². The van der Waals surface area contributed by atoms with E-state index in [1.54, 1.807) is 0 Å². The fourth-order valence-corrected chi connectivity index (χ4v) is 4.03. The molecule has 3 aromatic rings. The Bertz CT molecular complexity index is 995. The Kier molecular flexibility index (Phi) is 7.92. The summed E-state index contributed by atoms with van der Waals surface area (Å²) >= 11 is 14.6. The molecule has 29 heavy (non-hydrogen) atoms. The van der Waals surface area contributed by atoms with Gasteiger partial charge in [-0.25, -0.2) is 0 Å². The van der Waals surface area contributed by atoms with Gasteiger partial charge in [0.1, 0.15) is 6.61 Å². The standard InChI is InChI=1S/C23H22Cl2INO2/c1-3-28-22-11-17(13-27-19-8-7-15(2)20(25)12-19)10-21(26)23(22)29-14-16-5-4-6-18(24)9-16/h4-12,27H,3,13-14H2,1-2H3. The maximum atomic E-state index is 6.22. The molecule has 0 fully saturated rings. The van der Waals surface area contributed by atoms with Crippen molar-refractivity contribution in [3.8, 4) is 11.5 Å². The lowest BCUT2D eigenvalue weighted by Crippen LogP contribution is -2.05. The van der Waals surface area contributed by atoms with Crippen LogP contribution in [0.2, 0.25) is 10.0 Å². The van der Waals surface area contributed by atoms with Crippen LogP contribution in [0.5, 0.6) is 11.5 Å². The summed E-state index contributed by atoms with van der Waals surface area (Å²) in [5, 5.41) is 4.86. The average Bonchev–Trinajstić information content (AvgIpc) is 2.68. The number of rotatable bonds is 8. The molecule has 0 unspecified atom stereocenters. The van der Waals surface area contributed by atoms with E-state index in [2.05, 4.69) is 34.0 Å². The van der Waals surface area contributed by atoms with Gasteiger partial charge in [0.2, 0.25) is 0 Å². The van der Waals surface area contributed by atoms with Crippen LogP contribution in [0.15, 0.2) is 54.6 Å². The predicted molar refractivity (Wildman–Crippen MR) is 130 cm³/mol. The first-order valence-electron chi connectivity index (χ1n) is 9.28. The molecule has 3 rings (SSSR count). The van der Waals surface area contributed by atoms with E-state index in [-0.39, 0.29) is 0 Å². The minimum Gasteiger partial charge on any atom is -0.490 e. The van der Waals surface area contributed by atoms with E-state index in [0.29, 0.717) is 24.8 Å². The van der Waals surface area contributed by atoms with E-state index in [0.717, 1.165) is 42.5 Å². The number of anilines is 1. The summed E-state index contributed by atoms with van der Waals surface area (Å²) < 4.78 is 12.9. The molecular weight excluding hydrogens is 520 g/mol. The van der Waals surface area contributed by atoms with Crippen molar-refractivity contribution < 1.29 is 9.47 Å². The third kappa shape index (κ3) is 6.17. The molecule has 3 nitrogen and oxygen atoms in total. The van der Waals surface area contributed by atoms with Gasteiger partial charge in [-0.15, -0.1) is 0 Å². The highest BCUT2D eigenvalue weighted by atomic mass is 127. The van der Waals surface area contributed by atoms with Crippen LogP contribution in [0.25, 0.3) is 0 Å². The van der Waals surface area contributed by atoms with Crippen LogP contribution in [0.4, 0.5) is 5.69 Å². The quantitative estimate of drug-likeness (QED) is 0.299. The fourth-order valence-electron chi connectivity index (χ4n) is 2.82. The highest BCUT2D eigenvalue weighted by Crippen LogP contribution is 2.35. The Labute approximate surface area is 195 Å². The Morgan fingerprint density at radius 2 is 1.79 bits per heavy atom. The van der Waals surface area contributed by atoms with Crippen molar-refractivity contribution in [1.82, 2.24) is 0 Å². The molecule has 152 valence electrons. The number of ether oxygens (including phenoxy) is 2. The van der Waals surface area contributed by atoms with E-state index in [9.17, 15) is 0 Å². The molecule has 0 bridgehead atoms. The molecule has 0 saturated heterocycles. The molecule has 0 saturated carbocycles. The first-order valence-corrected chi connectivity index (χ1v) is 11.1. The van der Waals surface area contributed by atoms with E-state index < -0.39 is 0 Å². The zero-order valence-electron chi connectivity index (χ0n) is 16.3. The first kappa shape index (κ1) is 22.1. The van der Waals surface area contributed by atoms with Gasteiger partial charge in [-0.1, -0.05) is 41.4 Å². The monoisotopic (exact) mass is 541 g/mol. The van der Waals surface area contributed by atoms with Crippen LogP contribution < -0.4 is 14.8 Å². The maximum Gasteiger partial charge on any atom is 0.174 e. The average molecular weight is 542 g/mol. The largest absolute Gasteiger partial charge is 0.490 e. The van der Waals surface area contributed by atoms with Gasteiger partial charge in [0.15, 0.2) is 11.5 Å². The first-order chi connectivity index (χ1) is 14.0. The number of halogens is 3. The summed E-state index contributed by atoms with van der Waals surface area (Å²) in [5.41, 5.74) is 4.16. The highest BCUT2D eigenvalue weighted by Gasteiger charge is 2.13. The molecule has 0 spiro atoms. The van der Waals surface area contributed by atoms with Crippen molar-refractivity contribution in [2.45, 2.75) is 27.0 Å². The summed E-state index contributed by atoms with van der Waals surface area (Å²) in [6, 6.07) is 17.7. The summed E-state index contributed by atoms with van der Waals surface area (Å²) in [5.74, 6) is 1.48. The van der Waals surface area contributed by atoms with Gasteiger partial charge in [0.25, 0.3) is 0 Å². The molecule has 1 N–H and O–H groups in total. The molecule has 0 atom stereocenters. The highest BCUT2D eigenvalue weighted by molar-refractivity contribution is 14.1. The van der Waals surface area contributed by atoms with Crippen molar-refractivity contribution in [3.63, 3.8) is 0 Å². The van der Waals surface area contributed by atoms with Crippen molar-refractivity contribution in [3.05, 3.63) is 84.9 Å². The zero-order chi connectivity index (χ0) is 20.8. The molecule has 0 aliphatic heterocycles. The molecule has 0 amide bonds. The van der Waals surface area contributed by atoms with Crippen LogP contribution in [0.3, 0.4) is 0 Å². The SMILES string of the molecule is CCOc1cc(CNc2ccc(C)c(Cl)c2)cc(I)c1OCc1cccc(Cl)c1. The zero-order valence-corrected chi connectivity index (χ0v) is 19.9. The summed E-state index contributed by atoms with van der Waals surface area (Å²) in [7, 11) is 0. The predicted octanol–water partition coefficient (Wildman–Crippen LogP) is 7.50. The van der Waals surface area contributed by atoms with Gasteiger partial charge in [-0.3, -0.25) is 0 Å². The minimum absolute atomic E-state index is 0.427. The molecule has 6 heteroatoms. The summed E-state index contributed by atoms with van der Waals surface area (Å²) in [6.07, 6.45) is 0. The van der Waals surface area contributed by atoms with Crippen LogP contribution in [0.1, 0.15) is 23.6 Å². The lowest BCUT2D eigenvalue weighted by atomic mass is 10.1. The van der Waals surface area contributed by atoms with E-state index in [1.807, 2.05) is 62.4 Å². The Balaban J connectivity index is 1.75. The van der Waals surface area contributed by atoms with E-state index in [1.165, 1.54) is 0 Å². The van der Waals surface area contributed by atoms with E-state index >= 15 is 0 Å². The number of nitrogens with one attached hydrogen (secondary N) is 1. The third-order valence-electron chi connectivity index (χ3n) is 4.31. The molecule has 0 aromatic heterocycles. The topological polar surface area (TPSA) is 30.5 Å². The molecule has 0 aliphatic carbocycles. The smallest absolute Gasteiger partial charge is 0.174 e. The van der Waals surface area contributed by atoms with Gasteiger partial charge in [0, 0.05) is 22.3 Å². The van der Waals surface area contributed by atoms with Crippen molar-refractivity contribution in [2.24, 2.45) is 0 Å². The minimum atomic E-state index is 0.427. The molecule has 3 aromatic carbocycles. The second kappa shape index (κ2) is 10.4. The fraction of sp³-hybridized carbons (Fsp3) is 0.217. The molecule has 0 aliphatic rings. The normalized spacial score (nSPS) is 10.7. The lowest BCUT2D eigenvalue weighted by molar-refractivity contribution is 0.267. The Morgan fingerprint density at radius 1 is 0.966 bits per heavy atom. The van der Waals surface area contributed by atoms with E-state index in [4.69, 9.17) is 32.7 Å². The van der Waals surface area contributed by atoms with Crippen LogP contribution in [-0.2, 0) is 13.2 Å². The maximum absolute atomic E-state index is 6.22. The summed E-state index contributed by atoms with van der Waals surface area (Å²) in [6.45, 7) is 5.60. The second-order valence-corrected chi connectivity index (χ2v) is 8.58. The molecule has 0 heterocycles. The lowest BCUT2D eigenvalue weighted by Gasteiger charge is -2.16. The number of hydrogen-bond donors (Lipinski definition) is 1. The van der Waals surface area contributed by atoms with Crippen molar-refractivity contribution >= 4 is 51.5 Å².